The maximum Gasteiger partial charge on any atom is 0.255 e. The van der Waals surface area contributed by atoms with Crippen molar-refractivity contribution in [1.82, 2.24) is 15.2 Å². The molecule has 0 aromatic carbocycles. The molecule has 0 radical (unpaired) electrons. The molecule has 1 saturated heterocycles. The van der Waals surface area contributed by atoms with Gasteiger partial charge in [0.2, 0.25) is 5.91 Å². The first-order valence-corrected chi connectivity index (χ1v) is 9.89. The van der Waals surface area contributed by atoms with Crippen LogP contribution in [0.3, 0.4) is 0 Å². The molecule has 1 aromatic heterocycles. The Morgan fingerprint density at radius 1 is 1.26 bits per heavy atom. The third-order valence-electron chi connectivity index (χ3n) is 6.07. The molecule has 2 heterocycles. The number of fused-ring (bicyclic) bond motifs is 1. The Kier molecular flexibility index (Phi) is 5.04. The molecule has 3 N–H and O–H groups in total. The van der Waals surface area contributed by atoms with E-state index in [0.717, 1.165) is 32.5 Å². The average molecular weight is 372 g/mol. The zero-order valence-electron chi connectivity index (χ0n) is 15.8. The molecule has 1 aliphatic heterocycles. The quantitative estimate of drug-likeness (QED) is 0.815. The number of carbonyl (C=O) groups is 2. The summed E-state index contributed by atoms with van der Waals surface area (Å²) in [4.78, 5) is 30.4. The van der Waals surface area contributed by atoms with Gasteiger partial charge in [0.1, 0.15) is 5.82 Å². The van der Waals surface area contributed by atoms with Crippen molar-refractivity contribution in [3.63, 3.8) is 0 Å². The summed E-state index contributed by atoms with van der Waals surface area (Å²) in [6.45, 7) is 3.81. The maximum absolute atomic E-state index is 12.8. The van der Waals surface area contributed by atoms with Gasteiger partial charge >= 0.3 is 0 Å². The van der Waals surface area contributed by atoms with Crippen molar-refractivity contribution in [3.05, 3.63) is 23.9 Å². The summed E-state index contributed by atoms with van der Waals surface area (Å²) in [5.41, 5.74) is 6.19. The highest BCUT2D eigenvalue weighted by molar-refractivity contribution is 5.94. The number of rotatable bonds is 5. The first-order valence-electron chi connectivity index (χ1n) is 9.89. The lowest BCUT2D eigenvalue weighted by Crippen LogP contribution is -2.50. The number of hydrogen-bond acceptors (Lipinski definition) is 5. The molecule has 7 heteroatoms. The monoisotopic (exact) mass is 372 g/mol. The van der Waals surface area contributed by atoms with E-state index >= 15 is 0 Å². The van der Waals surface area contributed by atoms with E-state index in [1.807, 2.05) is 4.90 Å². The summed E-state index contributed by atoms with van der Waals surface area (Å²) in [6, 6.07) is 3.43. The fourth-order valence-corrected chi connectivity index (χ4v) is 4.43. The van der Waals surface area contributed by atoms with Gasteiger partial charge in [0, 0.05) is 32.8 Å². The summed E-state index contributed by atoms with van der Waals surface area (Å²) in [5.74, 6) is 1.91. The summed E-state index contributed by atoms with van der Waals surface area (Å²) in [6.07, 6.45) is 5.85. The zero-order valence-corrected chi connectivity index (χ0v) is 15.8. The smallest absolute Gasteiger partial charge is 0.255 e. The van der Waals surface area contributed by atoms with Gasteiger partial charge in [0.05, 0.1) is 17.7 Å². The first kappa shape index (κ1) is 18.2. The van der Waals surface area contributed by atoms with Crippen molar-refractivity contribution in [2.45, 2.75) is 44.8 Å². The van der Waals surface area contributed by atoms with Crippen molar-refractivity contribution in [2.75, 3.05) is 25.4 Å². The molecule has 2 aliphatic carbocycles. The van der Waals surface area contributed by atoms with Gasteiger partial charge in [-0.05, 0) is 55.6 Å². The van der Waals surface area contributed by atoms with E-state index in [-0.39, 0.29) is 24.0 Å². The standard InChI is InChI=1S/C20H28N4O3/c1-12(25)23-17-6-15-9-24(20(26)14-4-5-19(21)22-8-14)10-16(15)7-18(17)27-11-13-2-3-13/h4-5,8,13,15-18H,2-3,6-7,9-11H2,1H3,(H2,21,22)(H,23,25)/t15-,16+,17-,18-/m1/s1. The highest BCUT2D eigenvalue weighted by atomic mass is 16.5. The van der Waals surface area contributed by atoms with Crippen LogP contribution in [-0.2, 0) is 9.53 Å². The highest BCUT2D eigenvalue weighted by Gasteiger charge is 2.44. The van der Waals surface area contributed by atoms with Gasteiger partial charge < -0.3 is 20.7 Å². The summed E-state index contributed by atoms with van der Waals surface area (Å²) in [7, 11) is 0. The second-order valence-electron chi connectivity index (χ2n) is 8.30. The minimum atomic E-state index is -0.0163. The molecule has 3 fully saturated rings. The Bertz CT molecular complexity index is 704. The lowest BCUT2D eigenvalue weighted by Gasteiger charge is -2.38. The van der Waals surface area contributed by atoms with Crippen molar-refractivity contribution in [2.24, 2.45) is 17.8 Å². The third kappa shape index (κ3) is 4.24. The topological polar surface area (TPSA) is 97.6 Å². The van der Waals surface area contributed by atoms with Crippen molar-refractivity contribution < 1.29 is 14.3 Å². The van der Waals surface area contributed by atoms with Crippen LogP contribution in [-0.4, -0.2) is 53.5 Å². The molecule has 2 saturated carbocycles. The van der Waals surface area contributed by atoms with E-state index in [1.54, 1.807) is 25.3 Å². The van der Waals surface area contributed by atoms with Crippen molar-refractivity contribution >= 4 is 17.6 Å². The summed E-state index contributed by atoms with van der Waals surface area (Å²) >= 11 is 0. The molecule has 0 unspecified atom stereocenters. The van der Waals surface area contributed by atoms with Crippen molar-refractivity contribution in [1.29, 1.82) is 0 Å². The number of amides is 2. The van der Waals surface area contributed by atoms with Crippen LogP contribution in [0.2, 0.25) is 0 Å². The number of carbonyl (C=O) groups excluding carboxylic acids is 2. The number of nitrogen functional groups attached to an aromatic ring is 1. The molecule has 27 heavy (non-hydrogen) atoms. The number of pyridine rings is 1. The normalized spacial score (nSPS) is 30.0. The minimum absolute atomic E-state index is 0.00317. The third-order valence-corrected chi connectivity index (χ3v) is 6.07. The van der Waals surface area contributed by atoms with Crippen LogP contribution in [0.4, 0.5) is 5.82 Å². The molecule has 3 aliphatic rings. The van der Waals surface area contributed by atoms with E-state index in [0.29, 0.717) is 29.1 Å². The van der Waals surface area contributed by atoms with Crippen LogP contribution >= 0.6 is 0 Å². The van der Waals surface area contributed by atoms with E-state index in [4.69, 9.17) is 10.5 Å². The predicted octanol–water partition coefficient (Wildman–Crippen LogP) is 1.45. The zero-order chi connectivity index (χ0) is 19.0. The van der Waals surface area contributed by atoms with E-state index in [1.165, 1.54) is 12.8 Å². The molecular formula is C20H28N4O3. The van der Waals surface area contributed by atoms with Crippen LogP contribution in [0.5, 0.6) is 0 Å². The SMILES string of the molecule is CC(=O)N[C@@H]1C[C@@H]2CN(C(=O)c3ccc(N)nc3)C[C@@H]2C[C@H]1OCC1CC1. The van der Waals surface area contributed by atoms with Crippen LogP contribution in [0.25, 0.3) is 0 Å². The number of aromatic nitrogens is 1. The Hall–Kier alpha value is -2.15. The Morgan fingerprint density at radius 2 is 2.00 bits per heavy atom. The molecule has 0 bridgehead atoms. The number of anilines is 1. The number of likely N-dealkylation sites (tertiary alicyclic amines) is 1. The largest absolute Gasteiger partial charge is 0.384 e. The molecule has 1 aromatic rings. The molecule has 146 valence electrons. The molecule has 4 atom stereocenters. The van der Waals surface area contributed by atoms with Crippen LogP contribution in [0.15, 0.2) is 18.3 Å². The second-order valence-corrected chi connectivity index (χ2v) is 8.30. The van der Waals surface area contributed by atoms with E-state index < -0.39 is 0 Å². The molecular weight excluding hydrogens is 344 g/mol. The van der Waals surface area contributed by atoms with Gasteiger partial charge in [0.15, 0.2) is 0 Å². The van der Waals surface area contributed by atoms with Crippen LogP contribution in [0.1, 0.15) is 43.0 Å². The Morgan fingerprint density at radius 3 is 2.63 bits per heavy atom. The number of nitrogens with two attached hydrogens (primary N) is 1. The van der Waals surface area contributed by atoms with Crippen molar-refractivity contribution in [3.8, 4) is 0 Å². The fourth-order valence-electron chi connectivity index (χ4n) is 4.43. The maximum atomic E-state index is 12.8. The number of hydrogen-bond donors (Lipinski definition) is 2. The Balaban J connectivity index is 1.42. The van der Waals surface area contributed by atoms with E-state index in [9.17, 15) is 9.59 Å². The van der Waals surface area contributed by atoms with Gasteiger partial charge in [-0.15, -0.1) is 0 Å². The highest BCUT2D eigenvalue weighted by Crippen LogP contribution is 2.39. The molecule has 4 rings (SSSR count). The minimum Gasteiger partial charge on any atom is -0.384 e. The first-order chi connectivity index (χ1) is 13.0. The average Bonchev–Trinajstić information content (AvgIpc) is 3.37. The van der Waals surface area contributed by atoms with Gasteiger partial charge in [-0.25, -0.2) is 4.98 Å². The van der Waals surface area contributed by atoms with Gasteiger partial charge in [-0.2, -0.15) is 0 Å². The summed E-state index contributed by atoms with van der Waals surface area (Å²) < 4.78 is 6.18. The lowest BCUT2D eigenvalue weighted by molar-refractivity contribution is -0.122. The van der Waals surface area contributed by atoms with Gasteiger partial charge in [-0.3, -0.25) is 9.59 Å². The van der Waals surface area contributed by atoms with Crippen LogP contribution in [0, 0.1) is 17.8 Å². The fraction of sp³-hybridized carbons (Fsp3) is 0.650. The number of ether oxygens (including phenoxy) is 1. The van der Waals surface area contributed by atoms with E-state index in [2.05, 4.69) is 10.3 Å². The van der Waals surface area contributed by atoms with Crippen LogP contribution < -0.4 is 11.1 Å². The predicted molar refractivity (Wildman–Crippen MR) is 101 cm³/mol. The molecule has 0 spiro atoms. The van der Waals surface area contributed by atoms with Gasteiger partial charge in [-0.1, -0.05) is 0 Å². The lowest BCUT2D eigenvalue weighted by atomic mass is 9.77. The number of nitrogens with one attached hydrogen (secondary N) is 1. The molecule has 2 amide bonds. The summed E-state index contributed by atoms with van der Waals surface area (Å²) in [5, 5.41) is 3.08. The van der Waals surface area contributed by atoms with Gasteiger partial charge in [0.25, 0.3) is 5.91 Å². The number of nitrogens with zero attached hydrogens (tertiary/aromatic N) is 2. The Labute approximate surface area is 159 Å². The second kappa shape index (κ2) is 7.46. The molecule has 7 nitrogen and oxygen atoms in total.